The molecule has 196 valence electrons. The standard InChI is InChI=1S/C28H26FN9O/c1-18(19-4-7-26(32-10-19)37-14-22(29)13-34-37)35(3)25-6-5-20(11-31-25)24-8-23(36-16-28(2,39)17-36)15-38-27(24)21(9-30)12-33-38/h4-8,10-15,18,39H,16-17H2,1-3H3/t18-/m0/s1. The Hall–Kier alpha value is -4.82. The van der Waals surface area contributed by atoms with E-state index in [1.165, 1.54) is 10.9 Å². The third-order valence-corrected chi connectivity index (χ3v) is 7.19. The Bertz CT molecular complexity index is 1690. The number of fused-ring (bicyclic) bond motifs is 1. The molecule has 6 rings (SSSR count). The van der Waals surface area contributed by atoms with Crippen LogP contribution < -0.4 is 9.80 Å². The minimum absolute atomic E-state index is 0.0338. The monoisotopic (exact) mass is 523 g/mol. The fourth-order valence-electron chi connectivity index (χ4n) is 4.92. The fourth-order valence-corrected chi connectivity index (χ4v) is 4.92. The molecule has 5 aromatic heterocycles. The molecule has 39 heavy (non-hydrogen) atoms. The Morgan fingerprint density at radius 1 is 1.08 bits per heavy atom. The van der Waals surface area contributed by atoms with Gasteiger partial charge in [0.05, 0.1) is 53.2 Å². The van der Waals surface area contributed by atoms with Crippen molar-refractivity contribution in [2.45, 2.75) is 25.5 Å². The number of β-amino-alcohol motifs (C(OH)–C–C–N with tert-alkyl or cyclic N) is 1. The van der Waals surface area contributed by atoms with Gasteiger partial charge in [-0.15, -0.1) is 0 Å². The first kappa shape index (κ1) is 24.5. The van der Waals surface area contributed by atoms with Crippen LogP contribution in [0.1, 0.15) is 31.0 Å². The van der Waals surface area contributed by atoms with Crippen molar-refractivity contribution in [3.05, 3.63) is 84.5 Å². The number of aromatic nitrogens is 6. The van der Waals surface area contributed by atoms with Gasteiger partial charge in [-0.2, -0.15) is 15.5 Å². The molecule has 11 heteroatoms. The van der Waals surface area contributed by atoms with Crippen molar-refractivity contribution in [2.75, 3.05) is 29.9 Å². The maximum Gasteiger partial charge on any atom is 0.161 e. The van der Waals surface area contributed by atoms with Crippen molar-refractivity contribution < 1.29 is 9.50 Å². The minimum Gasteiger partial charge on any atom is -0.386 e. The van der Waals surface area contributed by atoms with E-state index in [0.29, 0.717) is 30.0 Å². The van der Waals surface area contributed by atoms with Crippen molar-refractivity contribution >= 4 is 17.0 Å². The molecule has 0 spiro atoms. The Labute approximate surface area is 224 Å². The number of aliphatic hydroxyl groups is 1. The summed E-state index contributed by atoms with van der Waals surface area (Å²) in [6.45, 7) is 4.92. The van der Waals surface area contributed by atoms with Crippen LogP contribution in [-0.2, 0) is 0 Å². The average Bonchev–Trinajstić information content (AvgIpc) is 3.56. The summed E-state index contributed by atoms with van der Waals surface area (Å²) in [5.74, 6) is 0.887. The van der Waals surface area contributed by atoms with Crippen LogP contribution in [0.3, 0.4) is 0 Å². The number of halogens is 1. The van der Waals surface area contributed by atoms with E-state index >= 15 is 0 Å². The van der Waals surface area contributed by atoms with Crippen LogP contribution >= 0.6 is 0 Å². The van der Waals surface area contributed by atoms with Gasteiger partial charge >= 0.3 is 0 Å². The van der Waals surface area contributed by atoms with E-state index in [1.54, 1.807) is 29.2 Å². The molecule has 0 aromatic carbocycles. The van der Waals surface area contributed by atoms with E-state index in [9.17, 15) is 14.8 Å². The van der Waals surface area contributed by atoms with E-state index in [-0.39, 0.29) is 6.04 Å². The number of nitrogens with zero attached hydrogens (tertiary/aromatic N) is 9. The third kappa shape index (κ3) is 4.45. The lowest BCUT2D eigenvalue weighted by atomic mass is 9.95. The van der Waals surface area contributed by atoms with Gasteiger partial charge < -0.3 is 14.9 Å². The van der Waals surface area contributed by atoms with Gasteiger partial charge in [0.2, 0.25) is 0 Å². The van der Waals surface area contributed by atoms with E-state index in [0.717, 1.165) is 34.4 Å². The lowest BCUT2D eigenvalue weighted by molar-refractivity contribution is 0.0310. The topological polar surface area (TPSA) is 111 Å². The van der Waals surface area contributed by atoms with Gasteiger partial charge in [0, 0.05) is 43.7 Å². The molecule has 0 unspecified atom stereocenters. The van der Waals surface area contributed by atoms with Crippen molar-refractivity contribution in [1.29, 1.82) is 5.26 Å². The Balaban J connectivity index is 1.27. The van der Waals surface area contributed by atoms with Crippen LogP contribution in [-0.4, -0.2) is 60.2 Å². The highest BCUT2D eigenvalue weighted by atomic mass is 19.1. The summed E-state index contributed by atoms with van der Waals surface area (Å²) in [5, 5.41) is 28.2. The van der Waals surface area contributed by atoms with Crippen molar-refractivity contribution in [2.24, 2.45) is 0 Å². The summed E-state index contributed by atoms with van der Waals surface area (Å²) in [7, 11) is 1.96. The van der Waals surface area contributed by atoms with Crippen LogP contribution in [0.2, 0.25) is 0 Å². The second-order valence-corrected chi connectivity index (χ2v) is 10.2. The molecule has 1 atom stereocenters. The van der Waals surface area contributed by atoms with E-state index < -0.39 is 11.4 Å². The van der Waals surface area contributed by atoms with Crippen LogP contribution in [0.15, 0.2) is 67.5 Å². The molecule has 1 saturated heterocycles. The SMILES string of the molecule is C[C@@H](c1ccc(-n2cc(F)cn2)nc1)N(C)c1ccc(-c2cc(N3CC(C)(O)C3)cn3ncc(C#N)c23)cn1. The van der Waals surface area contributed by atoms with Gasteiger partial charge in [-0.05, 0) is 43.7 Å². The predicted molar refractivity (Wildman–Crippen MR) is 144 cm³/mol. The van der Waals surface area contributed by atoms with Crippen molar-refractivity contribution in [3.8, 4) is 23.0 Å². The molecule has 1 aliphatic rings. The Morgan fingerprint density at radius 3 is 2.51 bits per heavy atom. The van der Waals surface area contributed by atoms with Gasteiger partial charge in [0.15, 0.2) is 11.6 Å². The maximum atomic E-state index is 13.3. The van der Waals surface area contributed by atoms with Gasteiger partial charge in [-0.1, -0.05) is 6.07 Å². The first-order valence-electron chi connectivity index (χ1n) is 12.5. The summed E-state index contributed by atoms with van der Waals surface area (Å²) in [4.78, 5) is 13.3. The molecule has 10 nitrogen and oxygen atoms in total. The molecule has 1 fully saturated rings. The lowest BCUT2D eigenvalue weighted by Crippen LogP contribution is -2.60. The van der Waals surface area contributed by atoms with Crippen LogP contribution in [0.5, 0.6) is 0 Å². The smallest absolute Gasteiger partial charge is 0.161 e. The molecule has 0 radical (unpaired) electrons. The van der Waals surface area contributed by atoms with E-state index in [4.69, 9.17) is 4.98 Å². The third-order valence-electron chi connectivity index (χ3n) is 7.19. The molecule has 0 saturated carbocycles. The number of hydrogen-bond acceptors (Lipinski definition) is 8. The number of rotatable bonds is 6. The zero-order chi connectivity index (χ0) is 27.3. The summed E-state index contributed by atoms with van der Waals surface area (Å²) in [5.41, 5.74) is 4.07. The van der Waals surface area contributed by atoms with Crippen molar-refractivity contribution in [3.63, 3.8) is 0 Å². The van der Waals surface area contributed by atoms with E-state index in [2.05, 4.69) is 33.1 Å². The quantitative estimate of drug-likeness (QED) is 0.358. The second kappa shape index (κ2) is 9.18. The van der Waals surface area contributed by atoms with Gasteiger partial charge in [-0.3, -0.25) is 0 Å². The lowest BCUT2D eigenvalue weighted by Gasteiger charge is -2.45. The predicted octanol–water partition coefficient (Wildman–Crippen LogP) is 3.76. The summed E-state index contributed by atoms with van der Waals surface area (Å²) in [6, 6.07) is 11.9. The summed E-state index contributed by atoms with van der Waals surface area (Å²) < 4.78 is 16.4. The van der Waals surface area contributed by atoms with Crippen LogP contribution in [0.4, 0.5) is 15.9 Å². The number of pyridine rings is 3. The zero-order valence-electron chi connectivity index (χ0n) is 21.7. The minimum atomic E-state index is -0.714. The molecular formula is C28H26FN9O. The second-order valence-electron chi connectivity index (χ2n) is 10.2. The highest BCUT2D eigenvalue weighted by Gasteiger charge is 2.37. The molecule has 5 aromatic rings. The summed E-state index contributed by atoms with van der Waals surface area (Å²) >= 11 is 0. The Morgan fingerprint density at radius 2 is 1.90 bits per heavy atom. The largest absolute Gasteiger partial charge is 0.386 e. The van der Waals surface area contributed by atoms with E-state index in [1.807, 2.05) is 49.3 Å². The fraction of sp³-hybridized carbons (Fsp3) is 0.250. The molecule has 0 amide bonds. The molecule has 0 aliphatic carbocycles. The first-order chi connectivity index (χ1) is 18.7. The maximum absolute atomic E-state index is 13.3. The highest BCUT2D eigenvalue weighted by molar-refractivity contribution is 5.86. The van der Waals surface area contributed by atoms with Gasteiger partial charge in [0.1, 0.15) is 11.9 Å². The first-order valence-corrected chi connectivity index (χ1v) is 12.5. The molecular weight excluding hydrogens is 497 g/mol. The van der Waals surface area contributed by atoms with Gasteiger partial charge in [-0.25, -0.2) is 23.6 Å². The molecule has 1 aliphatic heterocycles. The van der Waals surface area contributed by atoms with Crippen LogP contribution in [0, 0.1) is 17.1 Å². The van der Waals surface area contributed by atoms with Crippen molar-refractivity contribution in [1.82, 2.24) is 29.4 Å². The Kier molecular flexibility index (Phi) is 5.77. The number of nitriles is 1. The number of anilines is 2. The molecule has 6 heterocycles. The molecule has 1 N–H and O–H groups in total. The summed E-state index contributed by atoms with van der Waals surface area (Å²) in [6.07, 6.45) is 9.42. The normalized spacial score (nSPS) is 15.1. The highest BCUT2D eigenvalue weighted by Crippen LogP contribution is 2.35. The number of hydrogen-bond donors (Lipinski definition) is 1. The average molecular weight is 524 g/mol. The van der Waals surface area contributed by atoms with Crippen LogP contribution in [0.25, 0.3) is 22.5 Å². The molecule has 0 bridgehead atoms. The zero-order valence-corrected chi connectivity index (χ0v) is 21.7. The van der Waals surface area contributed by atoms with Gasteiger partial charge in [0.25, 0.3) is 0 Å².